The Labute approximate surface area is 123 Å². The van der Waals surface area contributed by atoms with E-state index in [1.807, 2.05) is 0 Å². The molecule has 0 aliphatic heterocycles. The highest BCUT2D eigenvalue weighted by Gasteiger charge is 2.33. The molecule has 0 spiro atoms. The summed E-state index contributed by atoms with van der Waals surface area (Å²) in [5.41, 5.74) is -0.703. The first-order valence-electron chi connectivity index (χ1n) is 6.83. The summed E-state index contributed by atoms with van der Waals surface area (Å²) in [6.45, 7) is 0.399. The number of thioether (sulfide) groups is 1. The number of hydrogen-bond donors (Lipinski definition) is 1. The molecule has 0 heterocycles. The first-order chi connectivity index (χ1) is 9.48. The first kappa shape index (κ1) is 15.3. The fourth-order valence-electron chi connectivity index (χ4n) is 2.51. The van der Waals surface area contributed by atoms with Crippen LogP contribution in [0.4, 0.5) is 4.39 Å². The van der Waals surface area contributed by atoms with Crippen LogP contribution in [-0.2, 0) is 4.79 Å². The van der Waals surface area contributed by atoms with Crippen molar-refractivity contribution in [3.05, 3.63) is 30.1 Å². The third kappa shape index (κ3) is 4.21. The smallest absolute Gasteiger partial charge is 0.232 e. The highest BCUT2D eigenvalue weighted by Crippen LogP contribution is 2.30. The molecule has 1 saturated carbocycles. The van der Waals surface area contributed by atoms with Crippen molar-refractivity contribution in [3.8, 4) is 0 Å². The normalized spacial score (nSPS) is 17.1. The number of hydrogen-bond acceptors (Lipinski definition) is 3. The molecule has 110 valence electrons. The first-order valence-corrected chi connectivity index (χ1v) is 7.82. The summed E-state index contributed by atoms with van der Waals surface area (Å²) >= 11 is 1.38. The number of carbonyl (C=O) groups is 1. The molecule has 1 aromatic carbocycles. The van der Waals surface area contributed by atoms with E-state index in [1.54, 1.807) is 24.1 Å². The van der Waals surface area contributed by atoms with E-state index in [9.17, 15) is 14.3 Å². The Bertz CT molecular complexity index is 457. The number of rotatable bonds is 5. The molecule has 1 aromatic rings. The Morgan fingerprint density at radius 1 is 1.35 bits per heavy atom. The molecule has 0 unspecified atom stereocenters. The van der Waals surface area contributed by atoms with E-state index in [-0.39, 0.29) is 11.7 Å². The number of aliphatic hydroxyl groups is 1. The molecule has 0 saturated heterocycles. The monoisotopic (exact) mass is 297 g/mol. The van der Waals surface area contributed by atoms with E-state index in [0.29, 0.717) is 12.3 Å². The van der Waals surface area contributed by atoms with Crippen LogP contribution in [0.3, 0.4) is 0 Å². The van der Waals surface area contributed by atoms with Crippen molar-refractivity contribution in [1.82, 2.24) is 4.90 Å². The van der Waals surface area contributed by atoms with Crippen LogP contribution in [0.2, 0.25) is 0 Å². The van der Waals surface area contributed by atoms with Gasteiger partial charge in [0.15, 0.2) is 0 Å². The van der Waals surface area contributed by atoms with Gasteiger partial charge in [-0.25, -0.2) is 4.39 Å². The van der Waals surface area contributed by atoms with Crippen LogP contribution in [0.15, 0.2) is 29.2 Å². The quantitative estimate of drug-likeness (QED) is 0.850. The van der Waals surface area contributed by atoms with Crippen LogP contribution >= 0.6 is 11.8 Å². The molecule has 2 rings (SSSR count). The van der Waals surface area contributed by atoms with Crippen molar-refractivity contribution < 1.29 is 14.3 Å². The standard InChI is InChI=1S/C15H20FNO2S/c1-17(11-15(19)8-2-3-9-15)14(18)10-20-13-6-4-12(16)5-7-13/h4-7,19H,2-3,8-11H2,1H3. The average molecular weight is 297 g/mol. The molecule has 0 radical (unpaired) electrons. The van der Waals surface area contributed by atoms with Gasteiger partial charge >= 0.3 is 0 Å². The number of likely N-dealkylation sites (N-methyl/N-ethyl adjacent to an activating group) is 1. The fourth-order valence-corrected chi connectivity index (χ4v) is 3.35. The van der Waals surface area contributed by atoms with E-state index in [1.165, 1.54) is 23.9 Å². The Morgan fingerprint density at radius 3 is 2.55 bits per heavy atom. The van der Waals surface area contributed by atoms with Crippen molar-refractivity contribution >= 4 is 17.7 Å². The number of benzene rings is 1. The minimum atomic E-state index is -0.703. The van der Waals surface area contributed by atoms with E-state index in [2.05, 4.69) is 0 Å². The molecule has 1 aliphatic rings. The second-order valence-electron chi connectivity index (χ2n) is 5.42. The maximum absolute atomic E-state index is 12.8. The molecule has 0 atom stereocenters. The van der Waals surface area contributed by atoms with Crippen LogP contribution in [0.25, 0.3) is 0 Å². The summed E-state index contributed by atoms with van der Waals surface area (Å²) in [5.74, 6) is 0.0129. The molecule has 0 aromatic heterocycles. The van der Waals surface area contributed by atoms with Gasteiger partial charge in [0.2, 0.25) is 5.91 Å². The summed E-state index contributed by atoms with van der Waals surface area (Å²) in [5, 5.41) is 10.3. The van der Waals surface area contributed by atoms with Gasteiger partial charge in [-0.2, -0.15) is 0 Å². The third-order valence-corrected chi connectivity index (χ3v) is 4.66. The lowest BCUT2D eigenvalue weighted by Gasteiger charge is -2.28. The average Bonchev–Trinajstić information content (AvgIpc) is 2.84. The van der Waals surface area contributed by atoms with Crippen LogP contribution in [-0.4, -0.2) is 40.9 Å². The van der Waals surface area contributed by atoms with Crippen molar-refractivity contribution in [2.24, 2.45) is 0 Å². The van der Waals surface area contributed by atoms with Gasteiger partial charge in [0.25, 0.3) is 0 Å². The molecule has 1 aliphatic carbocycles. The zero-order chi connectivity index (χ0) is 14.6. The molecule has 1 fully saturated rings. The molecule has 3 nitrogen and oxygen atoms in total. The Morgan fingerprint density at radius 2 is 1.95 bits per heavy atom. The maximum Gasteiger partial charge on any atom is 0.232 e. The Kier molecular flexibility index (Phi) is 5.05. The van der Waals surface area contributed by atoms with Gasteiger partial charge in [-0.05, 0) is 37.1 Å². The van der Waals surface area contributed by atoms with Crippen LogP contribution in [0.1, 0.15) is 25.7 Å². The van der Waals surface area contributed by atoms with Crippen molar-refractivity contribution in [2.45, 2.75) is 36.2 Å². The van der Waals surface area contributed by atoms with Gasteiger partial charge in [-0.3, -0.25) is 4.79 Å². The van der Waals surface area contributed by atoms with Gasteiger partial charge in [0, 0.05) is 18.5 Å². The number of halogens is 1. The molecular weight excluding hydrogens is 277 g/mol. The predicted octanol–water partition coefficient (Wildman–Crippen LogP) is 2.68. The zero-order valence-corrected chi connectivity index (χ0v) is 12.5. The third-order valence-electron chi connectivity index (χ3n) is 3.67. The SMILES string of the molecule is CN(CC1(O)CCCC1)C(=O)CSc1ccc(F)cc1. The lowest BCUT2D eigenvalue weighted by atomic mass is 10.0. The van der Waals surface area contributed by atoms with Gasteiger partial charge in [-0.1, -0.05) is 12.8 Å². The fraction of sp³-hybridized carbons (Fsp3) is 0.533. The van der Waals surface area contributed by atoms with Crippen molar-refractivity contribution in [3.63, 3.8) is 0 Å². The lowest BCUT2D eigenvalue weighted by molar-refractivity contribution is -0.130. The van der Waals surface area contributed by atoms with Gasteiger partial charge in [0.05, 0.1) is 11.4 Å². The number of carbonyl (C=O) groups excluding carboxylic acids is 1. The summed E-state index contributed by atoms with van der Waals surface area (Å²) < 4.78 is 12.8. The highest BCUT2D eigenvalue weighted by atomic mass is 32.2. The largest absolute Gasteiger partial charge is 0.388 e. The minimum Gasteiger partial charge on any atom is -0.388 e. The molecule has 20 heavy (non-hydrogen) atoms. The molecule has 5 heteroatoms. The van der Waals surface area contributed by atoms with E-state index < -0.39 is 5.60 Å². The van der Waals surface area contributed by atoms with Crippen LogP contribution < -0.4 is 0 Å². The van der Waals surface area contributed by atoms with E-state index in [4.69, 9.17) is 0 Å². The second-order valence-corrected chi connectivity index (χ2v) is 6.47. The molecular formula is C15H20FNO2S. The van der Waals surface area contributed by atoms with Crippen molar-refractivity contribution in [1.29, 1.82) is 0 Å². The van der Waals surface area contributed by atoms with E-state index in [0.717, 1.165) is 30.6 Å². The molecule has 1 amide bonds. The second kappa shape index (κ2) is 6.59. The Balaban J connectivity index is 1.80. The maximum atomic E-state index is 12.8. The lowest BCUT2D eigenvalue weighted by Crippen LogP contribution is -2.42. The van der Waals surface area contributed by atoms with E-state index >= 15 is 0 Å². The molecule has 0 bridgehead atoms. The summed E-state index contributed by atoms with van der Waals surface area (Å²) in [4.78, 5) is 14.5. The van der Waals surface area contributed by atoms with Crippen molar-refractivity contribution in [2.75, 3.05) is 19.3 Å². The highest BCUT2D eigenvalue weighted by molar-refractivity contribution is 8.00. The Hall–Kier alpha value is -1.07. The molecule has 1 N–H and O–H groups in total. The minimum absolute atomic E-state index is 0.0142. The number of amides is 1. The van der Waals surface area contributed by atoms with Crippen LogP contribution in [0.5, 0.6) is 0 Å². The summed E-state index contributed by atoms with van der Waals surface area (Å²) in [6.07, 6.45) is 3.61. The summed E-state index contributed by atoms with van der Waals surface area (Å²) in [6, 6.07) is 6.10. The van der Waals surface area contributed by atoms with Crippen LogP contribution in [0, 0.1) is 5.82 Å². The van der Waals surface area contributed by atoms with Gasteiger partial charge in [-0.15, -0.1) is 11.8 Å². The zero-order valence-electron chi connectivity index (χ0n) is 11.6. The summed E-state index contributed by atoms with van der Waals surface area (Å²) in [7, 11) is 1.73. The topological polar surface area (TPSA) is 40.5 Å². The van der Waals surface area contributed by atoms with Gasteiger partial charge < -0.3 is 10.0 Å². The van der Waals surface area contributed by atoms with Gasteiger partial charge in [0.1, 0.15) is 5.82 Å². The number of nitrogens with zero attached hydrogens (tertiary/aromatic N) is 1. The predicted molar refractivity (Wildman–Crippen MR) is 78.2 cm³/mol.